The Kier molecular flexibility index (Phi) is 5.06. The molecule has 26 heavy (non-hydrogen) atoms. The van der Waals surface area contributed by atoms with Crippen LogP contribution in [0.25, 0.3) is 0 Å². The van der Waals surface area contributed by atoms with Gasteiger partial charge in [-0.3, -0.25) is 14.6 Å². The Morgan fingerprint density at radius 2 is 2.15 bits per heavy atom. The number of benzene rings is 1. The summed E-state index contributed by atoms with van der Waals surface area (Å²) in [6, 6.07) is 6.29. The number of nitrogens with zero attached hydrogens (tertiary/aromatic N) is 3. The van der Waals surface area contributed by atoms with E-state index in [9.17, 15) is 14.0 Å². The number of hydrogen-bond donors (Lipinski definition) is 1. The zero-order chi connectivity index (χ0) is 18.8. The number of likely N-dealkylation sites (tertiary alicyclic amines) is 1. The summed E-state index contributed by atoms with van der Waals surface area (Å²) in [5, 5.41) is 0. The minimum Gasteiger partial charge on any atom is -0.348 e. The molecule has 1 aliphatic heterocycles. The van der Waals surface area contributed by atoms with Gasteiger partial charge in [-0.05, 0) is 25.0 Å². The molecule has 0 bridgehead atoms. The second-order valence-electron chi connectivity index (χ2n) is 6.99. The highest BCUT2D eigenvalue weighted by Gasteiger charge is 2.29. The van der Waals surface area contributed by atoms with Crippen molar-refractivity contribution in [2.45, 2.75) is 25.7 Å². The Morgan fingerprint density at radius 3 is 2.88 bits per heavy atom. The summed E-state index contributed by atoms with van der Waals surface area (Å²) in [7, 11) is 3.62. The Balaban J connectivity index is 1.71. The maximum absolute atomic E-state index is 13.9. The third kappa shape index (κ3) is 3.92. The van der Waals surface area contributed by atoms with Crippen LogP contribution in [0.2, 0.25) is 0 Å². The third-order valence-electron chi connectivity index (χ3n) is 4.67. The normalized spacial score (nSPS) is 16.8. The number of nitrogens with one attached hydrogen (secondary N) is 1. The minimum atomic E-state index is -0.355. The number of amides is 1. The molecule has 1 aliphatic rings. The molecular formula is C19H23FN4O2. The van der Waals surface area contributed by atoms with Gasteiger partial charge >= 0.3 is 0 Å². The van der Waals surface area contributed by atoms with Crippen molar-refractivity contribution in [3.8, 4) is 0 Å². The Labute approximate surface area is 151 Å². The fourth-order valence-electron chi connectivity index (χ4n) is 3.23. The van der Waals surface area contributed by atoms with Crippen LogP contribution in [-0.4, -0.2) is 48.0 Å². The zero-order valence-corrected chi connectivity index (χ0v) is 15.3. The van der Waals surface area contributed by atoms with Gasteiger partial charge in [-0.15, -0.1) is 0 Å². The number of carbonyl (C=O) groups excluding carboxylic acids is 1. The first-order valence-electron chi connectivity index (χ1n) is 8.65. The average Bonchev–Trinajstić information content (AvgIpc) is 3.08. The van der Waals surface area contributed by atoms with Gasteiger partial charge in [0, 0.05) is 39.2 Å². The standard InChI is InChI=1S/C19H23FN4O2/c1-12-4-5-15(20)14(8-12)9-18(26)24-7-6-13(11-24)16-10-17(25)22-19(21-16)23(2)3/h4-5,8,10,13H,6-7,9,11H2,1-3H3,(H,21,22,25). The number of hydrogen-bond acceptors (Lipinski definition) is 4. The van der Waals surface area contributed by atoms with Gasteiger partial charge in [-0.25, -0.2) is 9.37 Å². The number of rotatable bonds is 4. The molecule has 1 atom stereocenters. The fraction of sp³-hybridized carbons (Fsp3) is 0.421. The molecule has 138 valence electrons. The number of carbonyl (C=O) groups is 1. The van der Waals surface area contributed by atoms with Crippen molar-refractivity contribution < 1.29 is 9.18 Å². The van der Waals surface area contributed by atoms with Gasteiger partial charge in [-0.1, -0.05) is 17.7 Å². The van der Waals surface area contributed by atoms with Crippen LogP contribution in [0.15, 0.2) is 29.1 Å². The quantitative estimate of drug-likeness (QED) is 0.906. The van der Waals surface area contributed by atoms with Crippen molar-refractivity contribution in [3.05, 3.63) is 57.3 Å². The maximum Gasteiger partial charge on any atom is 0.252 e. The number of aromatic nitrogens is 2. The van der Waals surface area contributed by atoms with Gasteiger partial charge in [0.05, 0.1) is 12.1 Å². The van der Waals surface area contributed by atoms with Gasteiger partial charge in [0.1, 0.15) is 5.82 Å². The van der Waals surface area contributed by atoms with E-state index in [2.05, 4.69) is 9.97 Å². The molecule has 3 rings (SSSR count). The number of H-pyrrole nitrogens is 1. The summed E-state index contributed by atoms with van der Waals surface area (Å²) in [6.07, 6.45) is 0.789. The maximum atomic E-state index is 13.9. The van der Waals surface area contributed by atoms with Crippen LogP contribution in [0.5, 0.6) is 0 Å². The van der Waals surface area contributed by atoms with E-state index in [1.807, 2.05) is 21.0 Å². The van der Waals surface area contributed by atoms with Crippen LogP contribution >= 0.6 is 0 Å². The van der Waals surface area contributed by atoms with E-state index in [4.69, 9.17) is 0 Å². The lowest BCUT2D eigenvalue weighted by molar-refractivity contribution is -0.129. The van der Waals surface area contributed by atoms with Crippen LogP contribution in [0, 0.1) is 12.7 Å². The summed E-state index contributed by atoms with van der Waals surface area (Å²) in [5.74, 6) is 0.0580. The number of halogens is 1. The van der Waals surface area contributed by atoms with E-state index in [1.165, 1.54) is 12.1 Å². The molecule has 1 aromatic carbocycles. The lowest BCUT2D eigenvalue weighted by Gasteiger charge is -2.18. The summed E-state index contributed by atoms with van der Waals surface area (Å²) in [4.78, 5) is 35.1. The van der Waals surface area contributed by atoms with Gasteiger partial charge in [0.15, 0.2) is 0 Å². The van der Waals surface area contributed by atoms with Crippen LogP contribution in [0.1, 0.15) is 29.2 Å². The van der Waals surface area contributed by atoms with Crippen molar-refractivity contribution in [1.82, 2.24) is 14.9 Å². The second-order valence-corrected chi connectivity index (χ2v) is 6.99. The molecule has 0 spiro atoms. The van der Waals surface area contributed by atoms with Crippen molar-refractivity contribution in [3.63, 3.8) is 0 Å². The molecule has 1 saturated heterocycles. The molecule has 6 nitrogen and oxygen atoms in total. The van der Waals surface area contributed by atoms with E-state index in [1.54, 1.807) is 21.9 Å². The van der Waals surface area contributed by atoms with Crippen molar-refractivity contribution in [1.29, 1.82) is 0 Å². The molecule has 1 aromatic heterocycles. The van der Waals surface area contributed by atoms with Crippen molar-refractivity contribution in [2.24, 2.45) is 0 Å². The molecule has 2 aromatic rings. The van der Waals surface area contributed by atoms with Crippen molar-refractivity contribution >= 4 is 11.9 Å². The van der Waals surface area contributed by atoms with E-state index in [0.29, 0.717) is 30.3 Å². The average molecular weight is 358 g/mol. The molecule has 0 radical (unpaired) electrons. The predicted octanol–water partition coefficient (Wildman–Crippen LogP) is 1.84. The highest BCUT2D eigenvalue weighted by molar-refractivity contribution is 5.79. The molecule has 0 saturated carbocycles. The Bertz CT molecular complexity index is 878. The lowest BCUT2D eigenvalue weighted by Crippen LogP contribution is -2.30. The monoisotopic (exact) mass is 358 g/mol. The predicted molar refractivity (Wildman–Crippen MR) is 98.0 cm³/mol. The smallest absolute Gasteiger partial charge is 0.252 e. The zero-order valence-electron chi connectivity index (χ0n) is 15.3. The SMILES string of the molecule is Cc1ccc(F)c(CC(=O)N2CCC(c3cc(=O)[nH]c(N(C)C)n3)C2)c1. The number of aryl methyl sites for hydroxylation is 1. The topological polar surface area (TPSA) is 69.3 Å². The van der Waals surface area contributed by atoms with E-state index in [0.717, 1.165) is 12.0 Å². The largest absolute Gasteiger partial charge is 0.348 e. The van der Waals surface area contributed by atoms with E-state index in [-0.39, 0.29) is 29.6 Å². The van der Waals surface area contributed by atoms with E-state index < -0.39 is 0 Å². The highest BCUT2D eigenvalue weighted by atomic mass is 19.1. The second kappa shape index (κ2) is 7.27. The molecule has 1 amide bonds. The first-order chi connectivity index (χ1) is 12.3. The summed E-state index contributed by atoms with van der Waals surface area (Å²) in [5.41, 5.74) is 1.83. The van der Waals surface area contributed by atoms with Crippen molar-refractivity contribution in [2.75, 3.05) is 32.1 Å². The summed E-state index contributed by atoms with van der Waals surface area (Å²) >= 11 is 0. The molecule has 1 unspecified atom stereocenters. The molecule has 2 heterocycles. The Hall–Kier alpha value is -2.70. The molecule has 1 N–H and O–H groups in total. The molecular weight excluding hydrogens is 335 g/mol. The highest BCUT2D eigenvalue weighted by Crippen LogP contribution is 2.26. The number of anilines is 1. The van der Waals surface area contributed by atoms with Gasteiger partial charge in [0.2, 0.25) is 11.9 Å². The first-order valence-corrected chi connectivity index (χ1v) is 8.65. The van der Waals surface area contributed by atoms with Crippen LogP contribution in [0.3, 0.4) is 0 Å². The van der Waals surface area contributed by atoms with E-state index >= 15 is 0 Å². The number of aromatic amines is 1. The minimum absolute atomic E-state index is 0.0160. The summed E-state index contributed by atoms with van der Waals surface area (Å²) in [6.45, 7) is 2.96. The van der Waals surface area contributed by atoms with Crippen LogP contribution in [0.4, 0.5) is 10.3 Å². The molecule has 1 fully saturated rings. The van der Waals surface area contributed by atoms with Gasteiger partial charge in [-0.2, -0.15) is 0 Å². The fourth-order valence-corrected chi connectivity index (χ4v) is 3.23. The van der Waals surface area contributed by atoms with Crippen LogP contribution < -0.4 is 10.5 Å². The molecule has 0 aliphatic carbocycles. The van der Waals surface area contributed by atoms with Crippen LogP contribution in [-0.2, 0) is 11.2 Å². The first kappa shape index (κ1) is 18.1. The summed E-state index contributed by atoms with van der Waals surface area (Å²) < 4.78 is 13.9. The van der Waals surface area contributed by atoms with Gasteiger partial charge in [0.25, 0.3) is 5.56 Å². The Morgan fingerprint density at radius 1 is 1.38 bits per heavy atom. The lowest BCUT2D eigenvalue weighted by atomic mass is 10.0. The third-order valence-corrected chi connectivity index (χ3v) is 4.67. The van der Waals surface area contributed by atoms with Gasteiger partial charge < -0.3 is 9.80 Å². The molecule has 7 heteroatoms.